The van der Waals surface area contributed by atoms with Crippen LogP contribution in [0.3, 0.4) is 0 Å². The number of carbonyl (C=O) groups is 1. The van der Waals surface area contributed by atoms with Crippen molar-refractivity contribution >= 4 is 5.91 Å². The molecule has 0 aliphatic heterocycles. The first-order chi connectivity index (χ1) is 11.5. The van der Waals surface area contributed by atoms with Crippen molar-refractivity contribution in [1.82, 2.24) is 10.2 Å². The van der Waals surface area contributed by atoms with E-state index in [1.807, 2.05) is 14.1 Å². The number of rotatable bonds is 7. The second kappa shape index (κ2) is 8.65. The predicted molar refractivity (Wildman–Crippen MR) is 100 cm³/mol. The third kappa shape index (κ3) is 5.50. The van der Waals surface area contributed by atoms with Gasteiger partial charge in [0.25, 0.3) is 0 Å². The van der Waals surface area contributed by atoms with E-state index in [0.29, 0.717) is 13.0 Å². The molecule has 1 unspecified atom stereocenters. The van der Waals surface area contributed by atoms with Gasteiger partial charge in [-0.1, -0.05) is 59.7 Å². The molecule has 0 aromatic heterocycles. The van der Waals surface area contributed by atoms with Crippen molar-refractivity contribution in [1.29, 1.82) is 0 Å². The van der Waals surface area contributed by atoms with E-state index in [-0.39, 0.29) is 11.9 Å². The summed E-state index contributed by atoms with van der Waals surface area (Å²) in [6.07, 6.45) is 1.31. The van der Waals surface area contributed by atoms with E-state index in [1.165, 1.54) is 22.3 Å². The quantitative estimate of drug-likeness (QED) is 0.843. The van der Waals surface area contributed by atoms with Crippen LogP contribution in [0, 0.1) is 13.8 Å². The number of hydrogen-bond acceptors (Lipinski definition) is 2. The molecule has 1 amide bonds. The fourth-order valence-corrected chi connectivity index (χ4v) is 2.70. The van der Waals surface area contributed by atoms with Gasteiger partial charge in [-0.05, 0) is 45.5 Å². The maximum Gasteiger partial charge on any atom is 0.220 e. The lowest BCUT2D eigenvalue weighted by Crippen LogP contribution is -2.34. The maximum atomic E-state index is 12.2. The molecule has 0 fully saturated rings. The van der Waals surface area contributed by atoms with Crippen molar-refractivity contribution in [3.05, 3.63) is 70.8 Å². The SMILES string of the molecule is Cc1ccc(CCC(=O)NCC(c2ccc(C)cc2)N(C)C)cc1. The van der Waals surface area contributed by atoms with Crippen molar-refractivity contribution in [3.8, 4) is 0 Å². The molecule has 0 aliphatic carbocycles. The van der Waals surface area contributed by atoms with Gasteiger partial charge in [-0.25, -0.2) is 0 Å². The van der Waals surface area contributed by atoms with Crippen LogP contribution in [0.2, 0.25) is 0 Å². The molecular formula is C21H28N2O. The number of benzene rings is 2. The number of carbonyl (C=O) groups excluding carboxylic acids is 1. The summed E-state index contributed by atoms with van der Waals surface area (Å²) >= 11 is 0. The smallest absolute Gasteiger partial charge is 0.220 e. The Hall–Kier alpha value is -2.13. The molecule has 2 rings (SSSR count). The van der Waals surface area contributed by atoms with Crippen LogP contribution in [0.1, 0.15) is 34.7 Å². The fourth-order valence-electron chi connectivity index (χ4n) is 2.70. The van der Waals surface area contributed by atoms with E-state index in [0.717, 1.165) is 6.42 Å². The van der Waals surface area contributed by atoms with E-state index in [4.69, 9.17) is 0 Å². The summed E-state index contributed by atoms with van der Waals surface area (Å²) in [6, 6.07) is 17.1. The zero-order chi connectivity index (χ0) is 17.5. The number of nitrogens with zero attached hydrogens (tertiary/aromatic N) is 1. The van der Waals surface area contributed by atoms with Crippen molar-refractivity contribution in [2.24, 2.45) is 0 Å². The Balaban J connectivity index is 1.86. The molecule has 1 N–H and O–H groups in total. The predicted octanol–water partition coefficient (Wildman–Crippen LogP) is 3.66. The Bertz CT molecular complexity index is 645. The summed E-state index contributed by atoms with van der Waals surface area (Å²) < 4.78 is 0. The van der Waals surface area contributed by atoms with Crippen LogP contribution in [0.15, 0.2) is 48.5 Å². The number of hydrogen-bond donors (Lipinski definition) is 1. The van der Waals surface area contributed by atoms with Crippen molar-refractivity contribution in [2.75, 3.05) is 20.6 Å². The molecular weight excluding hydrogens is 296 g/mol. The van der Waals surface area contributed by atoms with Gasteiger partial charge in [0, 0.05) is 13.0 Å². The maximum absolute atomic E-state index is 12.2. The highest BCUT2D eigenvalue weighted by Crippen LogP contribution is 2.18. The lowest BCUT2D eigenvalue weighted by Gasteiger charge is -2.25. The highest BCUT2D eigenvalue weighted by molar-refractivity contribution is 5.76. The average Bonchev–Trinajstić information content (AvgIpc) is 2.56. The molecule has 0 radical (unpaired) electrons. The van der Waals surface area contributed by atoms with Crippen LogP contribution in [0.5, 0.6) is 0 Å². The van der Waals surface area contributed by atoms with Gasteiger partial charge >= 0.3 is 0 Å². The van der Waals surface area contributed by atoms with E-state index >= 15 is 0 Å². The topological polar surface area (TPSA) is 32.3 Å². The minimum absolute atomic E-state index is 0.106. The second-order valence-corrected chi connectivity index (χ2v) is 6.68. The normalized spacial score (nSPS) is 12.2. The Morgan fingerprint density at radius 2 is 1.50 bits per heavy atom. The van der Waals surface area contributed by atoms with Crippen molar-refractivity contribution < 1.29 is 4.79 Å². The Morgan fingerprint density at radius 1 is 0.958 bits per heavy atom. The van der Waals surface area contributed by atoms with E-state index < -0.39 is 0 Å². The minimum Gasteiger partial charge on any atom is -0.354 e. The summed E-state index contributed by atoms with van der Waals surface area (Å²) in [6.45, 7) is 4.78. The van der Waals surface area contributed by atoms with E-state index in [1.54, 1.807) is 0 Å². The first-order valence-corrected chi connectivity index (χ1v) is 8.51. The second-order valence-electron chi connectivity index (χ2n) is 6.68. The third-order valence-corrected chi connectivity index (χ3v) is 4.34. The van der Waals surface area contributed by atoms with Crippen molar-refractivity contribution in [3.63, 3.8) is 0 Å². The molecule has 0 saturated carbocycles. The highest BCUT2D eigenvalue weighted by atomic mass is 16.1. The van der Waals surface area contributed by atoms with Gasteiger partial charge in [0.15, 0.2) is 0 Å². The first-order valence-electron chi connectivity index (χ1n) is 8.51. The largest absolute Gasteiger partial charge is 0.354 e. The lowest BCUT2D eigenvalue weighted by molar-refractivity contribution is -0.121. The van der Waals surface area contributed by atoms with Gasteiger partial charge < -0.3 is 10.2 Å². The molecule has 128 valence electrons. The van der Waals surface area contributed by atoms with Gasteiger partial charge in [-0.2, -0.15) is 0 Å². The van der Waals surface area contributed by atoms with Gasteiger partial charge in [-0.3, -0.25) is 4.79 Å². The van der Waals surface area contributed by atoms with Crippen LogP contribution in [0.25, 0.3) is 0 Å². The van der Waals surface area contributed by atoms with Gasteiger partial charge in [-0.15, -0.1) is 0 Å². The van der Waals surface area contributed by atoms with Crippen LogP contribution in [-0.2, 0) is 11.2 Å². The zero-order valence-electron chi connectivity index (χ0n) is 15.2. The van der Waals surface area contributed by atoms with Gasteiger partial charge in [0.2, 0.25) is 5.91 Å². The standard InChI is InChI=1S/C21H28N2O/c1-16-5-9-18(10-6-16)11-14-21(24)22-15-20(23(3)4)19-12-7-17(2)8-13-19/h5-10,12-13,20H,11,14-15H2,1-4H3,(H,22,24). The molecule has 3 heteroatoms. The lowest BCUT2D eigenvalue weighted by atomic mass is 10.0. The molecule has 0 aliphatic rings. The number of aryl methyl sites for hydroxylation is 3. The fraction of sp³-hybridized carbons (Fsp3) is 0.381. The van der Waals surface area contributed by atoms with Gasteiger partial charge in [0.1, 0.15) is 0 Å². The number of nitrogens with one attached hydrogen (secondary N) is 1. The minimum atomic E-state index is 0.106. The van der Waals surface area contributed by atoms with Gasteiger partial charge in [0.05, 0.1) is 6.04 Å². The monoisotopic (exact) mass is 324 g/mol. The van der Waals surface area contributed by atoms with E-state index in [2.05, 4.69) is 72.6 Å². The molecule has 3 nitrogen and oxygen atoms in total. The molecule has 24 heavy (non-hydrogen) atoms. The first kappa shape index (κ1) is 18.2. The Morgan fingerprint density at radius 3 is 2.04 bits per heavy atom. The molecule has 1 atom stereocenters. The summed E-state index contributed by atoms with van der Waals surface area (Å²) in [5.41, 5.74) is 4.93. The molecule has 2 aromatic carbocycles. The molecule has 2 aromatic rings. The number of likely N-dealkylation sites (N-methyl/N-ethyl adjacent to an activating group) is 1. The third-order valence-electron chi connectivity index (χ3n) is 4.34. The molecule has 0 bridgehead atoms. The molecule has 0 spiro atoms. The van der Waals surface area contributed by atoms with Crippen LogP contribution in [-0.4, -0.2) is 31.4 Å². The van der Waals surface area contributed by atoms with Crippen molar-refractivity contribution in [2.45, 2.75) is 32.7 Å². The summed E-state index contributed by atoms with van der Waals surface area (Å²) in [5.74, 6) is 0.106. The zero-order valence-corrected chi connectivity index (χ0v) is 15.2. The molecule has 0 saturated heterocycles. The average molecular weight is 324 g/mol. The molecule has 0 heterocycles. The summed E-state index contributed by atoms with van der Waals surface area (Å²) in [4.78, 5) is 14.3. The summed E-state index contributed by atoms with van der Waals surface area (Å²) in [5, 5.41) is 3.08. The Kier molecular flexibility index (Phi) is 6.56. The Labute approximate surface area is 145 Å². The van der Waals surface area contributed by atoms with Crippen LogP contribution < -0.4 is 5.32 Å². The van der Waals surface area contributed by atoms with E-state index in [9.17, 15) is 4.79 Å². The summed E-state index contributed by atoms with van der Waals surface area (Å²) in [7, 11) is 4.09. The highest BCUT2D eigenvalue weighted by Gasteiger charge is 2.15. The van der Waals surface area contributed by atoms with Crippen LogP contribution >= 0.6 is 0 Å². The van der Waals surface area contributed by atoms with Crippen LogP contribution in [0.4, 0.5) is 0 Å². The number of amides is 1.